The second kappa shape index (κ2) is 5.31. The average molecular weight is 310 g/mol. The normalized spacial score (nSPS) is 18.1. The van der Waals surface area contributed by atoms with Gasteiger partial charge in [-0.2, -0.15) is 0 Å². The second-order valence-electron chi connectivity index (χ2n) is 5.45. The molecular formula is C17H14N2O4. The fourth-order valence-corrected chi connectivity index (χ4v) is 2.85. The van der Waals surface area contributed by atoms with Crippen molar-refractivity contribution in [1.82, 2.24) is 0 Å². The van der Waals surface area contributed by atoms with Gasteiger partial charge in [-0.1, -0.05) is 18.2 Å². The van der Waals surface area contributed by atoms with E-state index >= 15 is 0 Å². The Kier molecular flexibility index (Phi) is 3.15. The molecule has 0 spiro atoms. The van der Waals surface area contributed by atoms with Gasteiger partial charge in [0.05, 0.1) is 5.92 Å². The maximum atomic E-state index is 12.6. The highest BCUT2D eigenvalue weighted by Gasteiger charge is 2.30. The summed E-state index contributed by atoms with van der Waals surface area (Å²) in [4.78, 5) is 24.4. The molecule has 2 aliphatic heterocycles. The molecule has 116 valence electrons. The van der Waals surface area contributed by atoms with Gasteiger partial charge in [-0.3, -0.25) is 9.59 Å². The van der Waals surface area contributed by atoms with Crippen LogP contribution >= 0.6 is 0 Å². The number of benzene rings is 2. The van der Waals surface area contributed by atoms with E-state index in [4.69, 9.17) is 9.47 Å². The lowest BCUT2D eigenvalue weighted by Crippen LogP contribution is -2.30. The van der Waals surface area contributed by atoms with Crippen molar-refractivity contribution in [2.75, 3.05) is 17.4 Å². The molecule has 0 bridgehead atoms. The van der Waals surface area contributed by atoms with Crippen molar-refractivity contribution < 1.29 is 19.1 Å². The Morgan fingerprint density at radius 3 is 2.87 bits per heavy atom. The first-order valence-corrected chi connectivity index (χ1v) is 7.30. The molecule has 2 amide bonds. The summed E-state index contributed by atoms with van der Waals surface area (Å²) < 4.78 is 10.5. The van der Waals surface area contributed by atoms with Crippen LogP contribution in [0.1, 0.15) is 17.9 Å². The van der Waals surface area contributed by atoms with Gasteiger partial charge in [0.2, 0.25) is 18.6 Å². The first-order valence-electron chi connectivity index (χ1n) is 7.30. The Morgan fingerprint density at radius 1 is 1.13 bits per heavy atom. The van der Waals surface area contributed by atoms with E-state index in [0.29, 0.717) is 22.9 Å². The summed E-state index contributed by atoms with van der Waals surface area (Å²) >= 11 is 0. The third kappa shape index (κ3) is 2.48. The molecule has 0 radical (unpaired) electrons. The summed E-state index contributed by atoms with van der Waals surface area (Å²) in [5.74, 6) is 0.376. The third-order valence-electron chi connectivity index (χ3n) is 3.96. The maximum absolute atomic E-state index is 12.6. The molecule has 0 aromatic heterocycles. The maximum Gasteiger partial charge on any atom is 0.232 e. The number of carbonyl (C=O) groups excluding carboxylic acids is 2. The van der Waals surface area contributed by atoms with E-state index in [9.17, 15) is 9.59 Å². The Labute approximate surface area is 132 Å². The molecule has 2 aliphatic rings. The molecule has 4 rings (SSSR count). The Balaban J connectivity index is 1.59. The quantitative estimate of drug-likeness (QED) is 0.893. The van der Waals surface area contributed by atoms with Crippen LogP contribution < -0.4 is 20.1 Å². The summed E-state index contributed by atoms with van der Waals surface area (Å²) in [5, 5.41) is 5.64. The lowest BCUT2D eigenvalue weighted by Gasteiger charge is -2.24. The number of carbonyl (C=O) groups is 2. The van der Waals surface area contributed by atoms with E-state index in [1.807, 2.05) is 18.2 Å². The number of fused-ring (bicyclic) bond motifs is 2. The first-order chi connectivity index (χ1) is 11.2. The highest BCUT2D eigenvalue weighted by atomic mass is 16.7. The minimum atomic E-state index is -0.509. The van der Waals surface area contributed by atoms with E-state index in [1.54, 1.807) is 24.3 Å². The molecule has 2 heterocycles. The van der Waals surface area contributed by atoms with E-state index in [-0.39, 0.29) is 25.0 Å². The molecule has 0 saturated heterocycles. The van der Waals surface area contributed by atoms with Crippen molar-refractivity contribution in [3.05, 3.63) is 48.0 Å². The van der Waals surface area contributed by atoms with Crippen molar-refractivity contribution in [3.8, 4) is 11.5 Å². The van der Waals surface area contributed by atoms with E-state index in [0.717, 1.165) is 5.56 Å². The van der Waals surface area contributed by atoms with Crippen LogP contribution in [0.25, 0.3) is 0 Å². The molecule has 0 aliphatic carbocycles. The van der Waals surface area contributed by atoms with Crippen LogP contribution in [0.3, 0.4) is 0 Å². The van der Waals surface area contributed by atoms with Gasteiger partial charge in [0.25, 0.3) is 0 Å². The first kappa shape index (κ1) is 13.6. The van der Waals surface area contributed by atoms with Crippen LogP contribution in [0.15, 0.2) is 42.5 Å². The molecule has 6 heteroatoms. The van der Waals surface area contributed by atoms with E-state index in [1.165, 1.54) is 0 Å². The summed E-state index contributed by atoms with van der Waals surface area (Å²) in [6.07, 6.45) is 0.132. The van der Waals surface area contributed by atoms with Crippen molar-refractivity contribution in [3.63, 3.8) is 0 Å². The lowest BCUT2D eigenvalue weighted by molar-refractivity contribution is -0.123. The van der Waals surface area contributed by atoms with Crippen LogP contribution in [-0.2, 0) is 9.59 Å². The van der Waals surface area contributed by atoms with E-state index < -0.39 is 5.92 Å². The highest BCUT2D eigenvalue weighted by Crippen LogP contribution is 2.36. The molecule has 0 saturated carbocycles. The molecule has 2 N–H and O–H groups in total. The van der Waals surface area contributed by atoms with Crippen molar-refractivity contribution in [2.24, 2.45) is 0 Å². The molecule has 0 unspecified atom stereocenters. The van der Waals surface area contributed by atoms with E-state index in [2.05, 4.69) is 10.6 Å². The van der Waals surface area contributed by atoms with Gasteiger partial charge in [0.1, 0.15) is 0 Å². The van der Waals surface area contributed by atoms with Crippen LogP contribution in [0.2, 0.25) is 0 Å². The number of hydrogen-bond acceptors (Lipinski definition) is 4. The number of ether oxygens (including phenoxy) is 2. The lowest BCUT2D eigenvalue weighted by atomic mass is 9.90. The molecule has 2 aromatic rings. The fraction of sp³-hybridized carbons (Fsp3) is 0.176. The predicted octanol–water partition coefficient (Wildman–Crippen LogP) is 2.48. The van der Waals surface area contributed by atoms with Crippen molar-refractivity contribution in [2.45, 2.75) is 12.3 Å². The van der Waals surface area contributed by atoms with Gasteiger partial charge in [-0.15, -0.1) is 0 Å². The number of nitrogens with one attached hydrogen (secondary N) is 2. The monoisotopic (exact) mass is 310 g/mol. The zero-order chi connectivity index (χ0) is 15.8. The third-order valence-corrected chi connectivity index (χ3v) is 3.96. The Bertz CT molecular complexity index is 803. The number of hydrogen-bond donors (Lipinski definition) is 2. The van der Waals surface area contributed by atoms with Gasteiger partial charge in [0.15, 0.2) is 11.5 Å². The highest BCUT2D eigenvalue weighted by molar-refractivity contribution is 6.05. The standard InChI is InChI=1S/C17H14N2O4/c20-16-8-12(11-3-1-2-4-13(11)19-16)17(21)18-10-5-6-14-15(7-10)23-9-22-14/h1-7,12H,8-9H2,(H,18,21)(H,19,20)/t12-/m0/s1. The van der Waals surface area contributed by atoms with Gasteiger partial charge in [-0.05, 0) is 23.8 Å². The van der Waals surface area contributed by atoms with Crippen LogP contribution in [0, 0.1) is 0 Å². The molecule has 0 fully saturated rings. The minimum Gasteiger partial charge on any atom is -0.454 e. The average Bonchev–Trinajstić information content (AvgIpc) is 3.01. The van der Waals surface area contributed by atoms with Crippen molar-refractivity contribution in [1.29, 1.82) is 0 Å². The smallest absolute Gasteiger partial charge is 0.232 e. The topological polar surface area (TPSA) is 76.7 Å². The molecule has 23 heavy (non-hydrogen) atoms. The Morgan fingerprint density at radius 2 is 1.96 bits per heavy atom. The zero-order valence-electron chi connectivity index (χ0n) is 12.2. The van der Waals surface area contributed by atoms with Crippen LogP contribution in [0.5, 0.6) is 11.5 Å². The van der Waals surface area contributed by atoms with Crippen LogP contribution in [-0.4, -0.2) is 18.6 Å². The van der Waals surface area contributed by atoms with Gasteiger partial charge < -0.3 is 20.1 Å². The van der Waals surface area contributed by atoms with Gasteiger partial charge >= 0.3 is 0 Å². The van der Waals surface area contributed by atoms with Gasteiger partial charge in [0, 0.05) is 23.9 Å². The van der Waals surface area contributed by atoms with Crippen LogP contribution in [0.4, 0.5) is 11.4 Å². The Hall–Kier alpha value is -3.02. The summed E-state index contributed by atoms with van der Waals surface area (Å²) in [5.41, 5.74) is 2.13. The molecule has 2 aromatic carbocycles. The molecule has 6 nitrogen and oxygen atoms in total. The largest absolute Gasteiger partial charge is 0.454 e. The number of amides is 2. The molecule has 1 atom stereocenters. The minimum absolute atomic E-state index is 0.132. The summed E-state index contributed by atoms with van der Waals surface area (Å²) in [6.45, 7) is 0.183. The number of rotatable bonds is 2. The summed E-state index contributed by atoms with van der Waals surface area (Å²) in [7, 11) is 0. The number of anilines is 2. The second-order valence-corrected chi connectivity index (χ2v) is 5.45. The summed E-state index contributed by atoms with van der Waals surface area (Å²) in [6, 6.07) is 12.6. The SMILES string of the molecule is O=C1C[C@H](C(=O)Nc2ccc3c(c2)OCO3)c2ccccc2N1. The predicted molar refractivity (Wildman–Crippen MR) is 83.6 cm³/mol. The molecular weight excluding hydrogens is 296 g/mol. The zero-order valence-corrected chi connectivity index (χ0v) is 12.2. The van der Waals surface area contributed by atoms with Gasteiger partial charge in [-0.25, -0.2) is 0 Å². The fourth-order valence-electron chi connectivity index (χ4n) is 2.85. The van der Waals surface area contributed by atoms with Crippen molar-refractivity contribution >= 4 is 23.2 Å². The number of para-hydroxylation sites is 1.